The molecule has 16 heavy (non-hydrogen) atoms. The highest BCUT2D eigenvalue weighted by atomic mass is 16.5. The van der Waals surface area contributed by atoms with E-state index in [1.165, 1.54) is 25.8 Å². The van der Waals surface area contributed by atoms with Crippen LogP contribution in [0.1, 0.15) is 19.3 Å². The van der Waals surface area contributed by atoms with E-state index in [1.54, 1.807) is 0 Å². The molecule has 1 aliphatic rings. The van der Waals surface area contributed by atoms with Crippen LogP contribution >= 0.6 is 0 Å². The smallest absolute Gasteiger partial charge is 0.119 e. The van der Waals surface area contributed by atoms with Gasteiger partial charge in [0.1, 0.15) is 12.4 Å². The molecule has 1 aromatic rings. The van der Waals surface area contributed by atoms with Gasteiger partial charge >= 0.3 is 0 Å². The zero-order valence-corrected chi connectivity index (χ0v) is 9.86. The zero-order valence-electron chi connectivity index (χ0n) is 9.86. The van der Waals surface area contributed by atoms with Crippen LogP contribution in [0.25, 0.3) is 0 Å². The summed E-state index contributed by atoms with van der Waals surface area (Å²) < 4.78 is 5.77. The lowest BCUT2D eigenvalue weighted by molar-refractivity contribution is 0.125. The summed E-state index contributed by atoms with van der Waals surface area (Å²) in [6.07, 6.45) is 3.88. The maximum atomic E-state index is 5.77. The summed E-state index contributed by atoms with van der Waals surface area (Å²) in [4.78, 5) is 2.39. The molecule has 0 spiro atoms. The van der Waals surface area contributed by atoms with Crippen LogP contribution in [0.2, 0.25) is 0 Å². The lowest BCUT2D eigenvalue weighted by Gasteiger charge is -2.32. The van der Waals surface area contributed by atoms with Crippen LogP contribution in [0.5, 0.6) is 5.75 Å². The van der Waals surface area contributed by atoms with Crippen molar-refractivity contribution in [3.63, 3.8) is 0 Å². The number of likely N-dealkylation sites (tertiary alicyclic amines) is 1. The van der Waals surface area contributed by atoms with Crippen molar-refractivity contribution in [2.45, 2.75) is 25.3 Å². The average Bonchev–Trinajstić information content (AvgIpc) is 2.30. The van der Waals surface area contributed by atoms with Gasteiger partial charge in [-0.05, 0) is 50.7 Å². The summed E-state index contributed by atoms with van der Waals surface area (Å²) in [5.74, 6) is 0.910. The number of hydrogen-bond donors (Lipinski definition) is 1. The van der Waals surface area contributed by atoms with Gasteiger partial charge < -0.3 is 15.4 Å². The molecular formula is C13H20N2O. The molecule has 0 aromatic heterocycles. The van der Waals surface area contributed by atoms with Crippen molar-refractivity contribution >= 4 is 5.69 Å². The number of piperidine rings is 1. The van der Waals surface area contributed by atoms with E-state index in [-0.39, 0.29) is 0 Å². The first-order valence-electron chi connectivity index (χ1n) is 5.94. The lowest BCUT2D eigenvalue weighted by Crippen LogP contribution is -2.40. The van der Waals surface area contributed by atoms with Gasteiger partial charge in [0.2, 0.25) is 0 Å². The molecule has 1 heterocycles. The molecule has 2 N–H and O–H groups in total. The standard InChI is InChI=1S/C13H20N2O/c1-15-9-3-2-4-12(15)10-16-13-7-5-11(14)6-8-13/h5-8,12H,2-4,9-10,14H2,1H3/t12-/m1/s1. The number of benzene rings is 1. The quantitative estimate of drug-likeness (QED) is 0.793. The molecule has 0 saturated carbocycles. The largest absolute Gasteiger partial charge is 0.492 e. The fourth-order valence-corrected chi connectivity index (χ4v) is 2.11. The van der Waals surface area contributed by atoms with E-state index in [0.717, 1.165) is 18.0 Å². The molecule has 0 bridgehead atoms. The number of nitrogens with two attached hydrogens (primary N) is 1. The summed E-state index contributed by atoms with van der Waals surface area (Å²) in [5.41, 5.74) is 6.40. The highest BCUT2D eigenvalue weighted by molar-refractivity contribution is 5.41. The summed E-state index contributed by atoms with van der Waals surface area (Å²) in [6.45, 7) is 1.97. The molecule has 1 aliphatic heterocycles. The van der Waals surface area contributed by atoms with Crippen LogP contribution in [0.4, 0.5) is 5.69 Å². The molecule has 1 aromatic carbocycles. The predicted octanol–water partition coefficient (Wildman–Crippen LogP) is 2.13. The van der Waals surface area contributed by atoms with Crippen LogP contribution in [0.3, 0.4) is 0 Å². The second-order valence-electron chi connectivity index (χ2n) is 4.51. The zero-order chi connectivity index (χ0) is 11.4. The van der Waals surface area contributed by atoms with Crippen LogP contribution in [0, 0.1) is 0 Å². The minimum Gasteiger partial charge on any atom is -0.492 e. The Morgan fingerprint density at radius 1 is 1.31 bits per heavy atom. The predicted molar refractivity (Wildman–Crippen MR) is 66.6 cm³/mol. The number of nitrogen functional groups attached to an aromatic ring is 1. The number of hydrogen-bond acceptors (Lipinski definition) is 3. The topological polar surface area (TPSA) is 38.5 Å². The molecule has 0 radical (unpaired) electrons. The van der Waals surface area contributed by atoms with E-state index in [4.69, 9.17) is 10.5 Å². The number of anilines is 1. The molecule has 0 aliphatic carbocycles. The highest BCUT2D eigenvalue weighted by Crippen LogP contribution is 2.18. The molecular weight excluding hydrogens is 200 g/mol. The number of rotatable bonds is 3. The monoisotopic (exact) mass is 220 g/mol. The van der Waals surface area contributed by atoms with Crippen molar-refractivity contribution < 1.29 is 4.74 Å². The molecule has 88 valence electrons. The molecule has 1 saturated heterocycles. The normalized spacial score (nSPS) is 21.9. The minimum atomic E-state index is 0.561. The van der Waals surface area contributed by atoms with Gasteiger partial charge in [0.05, 0.1) is 0 Å². The van der Waals surface area contributed by atoms with E-state index >= 15 is 0 Å². The van der Waals surface area contributed by atoms with Gasteiger partial charge in [-0.25, -0.2) is 0 Å². The Balaban J connectivity index is 1.84. The Labute approximate surface area is 97.2 Å². The maximum Gasteiger partial charge on any atom is 0.119 e. The van der Waals surface area contributed by atoms with Crippen LogP contribution in [-0.2, 0) is 0 Å². The first kappa shape index (κ1) is 11.3. The molecule has 0 unspecified atom stereocenters. The fraction of sp³-hybridized carbons (Fsp3) is 0.538. The van der Waals surface area contributed by atoms with Gasteiger partial charge in [0, 0.05) is 11.7 Å². The first-order chi connectivity index (χ1) is 7.75. The van der Waals surface area contributed by atoms with Crippen molar-refractivity contribution in [3.8, 4) is 5.75 Å². The molecule has 0 amide bonds. The number of ether oxygens (including phenoxy) is 1. The highest BCUT2D eigenvalue weighted by Gasteiger charge is 2.19. The third-order valence-electron chi connectivity index (χ3n) is 3.24. The first-order valence-corrected chi connectivity index (χ1v) is 5.94. The van der Waals surface area contributed by atoms with Crippen molar-refractivity contribution in [1.29, 1.82) is 0 Å². The number of likely N-dealkylation sites (N-methyl/N-ethyl adjacent to an activating group) is 1. The van der Waals surface area contributed by atoms with Crippen molar-refractivity contribution in [2.75, 3.05) is 25.9 Å². The van der Waals surface area contributed by atoms with Gasteiger partial charge in [0.15, 0.2) is 0 Å². The van der Waals surface area contributed by atoms with Crippen molar-refractivity contribution in [2.24, 2.45) is 0 Å². The van der Waals surface area contributed by atoms with Crippen LogP contribution in [0.15, 0.2) is 24.3 Å². The Morgan fingerprint density at radius 3 is 2.75 bits per heavy atom. The maximum absolute atomic E-state index is 5.77. The number of nitrogens with zero attached hydrogens (tertiary/aromatic N) is 1. The molecule has 3 nitrogen and oxygen atoms in total. The second kappa shape index (κ2) is 5.21. The van der Waals surface area contributed by atoms with Gasteiger partial charge in [0.25, 0.3) is 0 Å². The van der Waals surface area contributed by atoms with Crippen molar-refractivity contribution in [3.05, 3.63) is 24.3 Å². The van der Waals surface area contributed by atoms with Gasteiger partial charge in [-0.3, -0.25) is 0 Å². The average molecular weight is 220 g/mol. The molecule has 2 rings (SSSR count). The Bertz CT molecular complexity index is 323. The Morgan fingerprint density at radius 2 is 2.06 bits per heavy atom. The van der Waals surface area contributed by atoms with E-state index in [9.17, 15) is 0 Å². The molecule has 3 heteroatoms. The Hall–Kier alpha value is -1.22. The van der Waals surface area contributed by atoms with Gasteiger partial charge in [-0.2, -0.15) is 0 Å². The summed E-state index contributed by atoms with van der Waals surface area (Å²) in [5, 5.41) is 0. The third-order valence-corrected chi connectivity index (χ3v) is 3.24. The van der Waals surface area contributed by atoms with Crippen LogP contribution < -0.4 is 10.5 Å². The molecule has 1 atom stereocenters. The second-order valence-corrected chi connectivity index (χ2v) is 4.51. The van der Waals surface area contributed by atoms with E-state index in [2.05, 4.69) is 11.9 Å². The minimum absolute atomic E-state index is 0.561. The summed E-state index contributed by atoms with van der Waals surface area (Å²) in [6, 6.07) is 8.17. The third kappa shape index (κ3) is 2.89. The van der Waals surface area contributed by atoms with E-state index < -0.39 is 0 Å². The van der Waals surface area contributed by atoms with E-state index in [0.29, 0.717) is 6.04 Å². The van der Waals surface area contributed by atoms with Crippen molar-refractivity contribution in [1.82, 2.24) is 4.90 Å². The van der Waals surface area contributed by atoms with E-state index in [1.807, 2.05) is 24.3 Å². The summed E-state index contributed by atoms with van der Waals surface area (Å²) in [7, 11) is 2.18. The summed E-state index contributed by atoms with van der Waals surface area (Å²) >= 11 is 0. The van der Waals surface area contributed by atoms with Gasteiger partial charge in [-0.1, -0.05) is 6.42 Å². The SMILES string of the molecule is CN1CCCC[C@@H]1COc1ccc(N)cc1. The van der Waals surface area contributed by atoms with Gasteiger partial charge in [-0.15, -0.1) is 0 Å². The van der Waals surface area contributed by atoms with Crippen LogP contribution in [-0.4, -0.2) is 31.1 Å². The Kier molecular flexibility index (Phi) is 3.67. The molecule has 1 fully saturated rings. The lowest BCUT2D eigenvalue weighted by atomic mass is 10.0. The fourth-order valence-electron chi connectivity index (χ4n) is 2.11.